The highest BCUT2D eigenvalue weighted by molar-refractivity contribution is 6.06. The second-order valence-electron chi connectivity index (χ2n) is 7.48. The zero-order chi connectivity index (χ0) is 22.4. The Balaban J connectivity index is 1.88. The van der Waals surface area contributed by atoms with Crippen LogP contribution < -0.4 is 20.1 Å². The number of nitrogens with one attached hydrogen (secondary N) is 2. The van der Waals surface area contributed by atoms with Crippen molar-refractivity contribution in [3.05, 3.63) is 65.4 Å². The fourth-order valence-corrected chi connectivity index (χ4v) is 3.04. The Morgan fingerprint density at radius 2 is 1.77 bits per heavy atom. The van der Waals surface area contributed by atoms with Gasteiger partial charge < -0.3 is 25.2 Å². The Kier molecular flexibility index (Phi) is 6.92. The number of fused-ring (bicyclic) bond motifs is 1. The van der Waals surface area contributed by atoms with Crippen molar-refractivity contribution in [2.75, 3.05) is 6.79 Å². The largest absolute Gasteiger partial charge is 0.480 e. The molecule has 3 rings (SSSR count). The number of carboxylic acid groups (broad SMARTS) is 1. The van der Waals surface area contributed by atoms with E-state index in [9.17, 15) is 19.5 Å². The first-order valence-corrected chi connectivity index (χ1v) is 9.85. The maximum Gasteiger partial charge on any atom is 0.326 e. The zero-order valence-corrected chi connectivity index (χ0v) is 17.3. The average molecular weight is 424 g/mol. The van der Waals surface area contributed by atoms with E-state index in [1.807, 2.05) is 13.8 Å². The molecule has 0 bridgehead atoms. The Morgan fingerprint density at radius 1 is 1.06 bits per heavy atom. The number of amides is 2. The van der Waals surface area contributed by atoms with Gasteiger partial charge in [-0.15, -0.1) is 0 Å². The third-order valence-corrected chi connectivity index (χ3v) is 4.55. The van der Waals surface area contributed by atoms with E-state index in [1.54, 1.807) is 48.5 Å². The number of rotatable bonds is 8. The molecule has 162 valence electrons. The summed E-state index contributed by atoms with van der Waals surface area (Å²) in [4.78, 5) is 37.1. The van der Waals surface area contributed by atoms with Crippen LogP contribution in [0.1, 0.15) is 36.2 Å². The van der Waals surface area contributed by atoms with Crippen LogP contribution in [0.2, 0.25) is 0 Å². The van der Waals surface area contributed by atoms with Crippen molar-refractivity contribution in [1.82, 2.24) is 10.6 Å². The van der Waals surface area contributed by atoms with Crippen LogP contribution in [-0.4, -0.2) is 35.7 Å². The highest BCUT2D eigenvalue weighted by atomic mass is 16.7. The Morgan fingerprint density at radius 3 is 2.45 bits per heavy atom. The van der Waals surface area contributed by atoms with Gasteiger partial charge in [0.15, 0.2) is 11.5 Å². The number of benzene rings is 2. The number of aliphatic carboxylic acids is 1. The molecule has 1 aliphatic rings. The van der Waals surface area contributed by atoms with Gasteiger partial charge in [0, 0.05) is 5.56 Å². The number of carbonyl (C=O) groups excluding carboxylic acids is 2. The van der Waals surface area contributed by atoms with E-state index in [0.717, 1.165) is 0 Å². The van der Waals surface area contributed by atoms with Gasteiger partial charge in [0.2, 0.25) is 6.79 Å². The molecule has 1 heterocycles. The molecule has 0 fully saturated rings. The molecule has 0 saturated carbocycles. The van der Waals surface area contributed by atoms with Crippen LogP contribution in [0.25, 0.3) is 6.08 Å². The van der Waals surface area contributed by atoms with E-state index < -0.39 is 23.8 Å². The van der Waals surface area contributed by atoms with Crippen molar-refractivity contribution in [2.24, 2.45) is 5.92 Å². The van der Waals surface area contributed by atoms with Crippen molar-refractivity contribution in [3.8, 4) is 11.5 Å². The molecule has 0 unspecified atom stereocenters. The SMILES string of the molecule is CC(C)C[C@H](NC(=O)/C(=C/c1ccc2c(c1)OCO2)NC(=O)c1ccccc1)C(=O)O. The Labute approximate surface area is 179 Å². The number of carboxylic acids is 1. The molecular formula is C23H24N2O6. The van der Waals surface area contributed by atoms with Crippen molar-refractivity contribution in [3.63, 3.8) is 0 Å². The summed E-state index contributed by atoms with van der Waals surface area (Å²) in [7, 11) is 0. The summed E-state index contributed by atoms with van der Waals surface area (Å²) in [6.45, 7) is 3.83. The van der Waals surface area contributed by atoms with Crippen LogP contribution >= 0.6 is 0 Å². The standard InChI is InChI=1S/C23H24N2O6/c1-14(2)10-18(23(28)29)25-22(27)17(24-21(26)16-6-4-3-5-7-16)11-15-8-9-19-20(12-15)31-13-30-19/h3-9,11-12,14,18H,10,13H2,1-2H3,(H,24,26)(H,25,27)(H,28,29)/b17-11-/t18-/m0/s1. The molecule has 3 N–H and O–H groups in total. The minimum atomic E-state index is -1.14. The maximum absolute atomic E-state index is 12.9. The Bertz CT molecular complexity index is 1000. The van der Waals surface area contributed by atoms with Gasteiger partial charge in [0.25, 0.3) is 11.8 Å². The van der Waals surface area contributed by atoms with E-state index in [1.165, 1.54) is 6.08 Å². The molecule has 1 aliphatic heterocycles. The first-order valence-electron chi connectivity index (χ1n) is 9.85. The summed E-state index contributed by atoms with van der Waals surface area (Å²) in [6, 6.07) is 12.4. The minimum absolute atomic E-state index is 0.0570. The number of ether oxygens (including phenoxy) is 2. The minimum Gasteiger partial charge on any atom is -0.480 e. The summed E-state index contributed by atoms with van der Waals surface area (Å²) in [6.07, 6.45) is 1.72. The Hall–Kier alpha value is -3.81. The molecule has 0 aliphatic carbocycles. The molecule has 2 amide bonds. The molecule has 8 heteroatoms. The van der Waals surface area contributed by atoms with Crippen LogP contribution in [0.15, 0.2) is 54.2 Å². The van der Waals surface area contributed by atoms with Gasteiger partial charge in [-0.05, 0) is 48.2 Å². The quantitative estimate of drug-likeness (QED) is 0.562. The summed E-state index contributed by atoms with van der Waals surface area (Å²) < 4.78 is 10.6. The first-order chi connectivity index (χ1) is 14.8. The van der Waals surface area contributed by atoms with E-state index in [0.29, 0.717) is 22.6 Å². The van der Waals surface area contributed by atoms with Crippen molar-refractivity contribution >= 4 is 23.9 Å². The second-order valence-corrected chi connectivity index (χ2v) is 7.48. The second kappa shape index (κ2) is 9.80. The van der Waals surface area contributed by atoms with Crippen LogP contribution in [0.3, 0.4) is 0 Å². The third kappa shape index (κ3) is 5.85. The smallest absolute Gasteiger partial charge is 0.326 e. The van der Waals surface area contributed by atoms with Crippen LogP contribution in [0, 0.1) is 5.92 Å². The average Bonchev–Trinajstić information content (AvgIpc) is 3.20. The summed E-state index contributed by atoms with van der Waals surface area (Å²) in [5.74, 6) is -1.17. The van der Waals surface area contributed by atoms with E-state index in [2.05, 4.69) is 10.6 Å². The fourth-order valence-electron chi connectivity index (χ4n) is 3.04. The molecule has 1 atom stereocenters. The zero-order valence-electron chi connectivity index (χ0n) is 17.3. The lowest BCUT2D eigenvalue weighted by Crippen LogP contribution is -2.45. The van der Waals surface area contributed by atoms with E-state index in [-0.39, 0.29) is 24.8 Å². The topological polar surface area (TPSA) is 114 Å². The predicted octanol–water partition coefficient (Wildman–Crippen LogP) is 2.80. The molecule has 8 nitrogen and oxygen atoms in total. The fraction of sp³-hybridized carbons (Fsp3) is 0.261. The number of hydrogen-bond donors (Lipinski definition) is 3. The van der Waals surface area contributed by atoms with Crippen molar-refractivity contribution < 1.29 is 29.0 Å². The van der Waals surface area contributed by atoms with E-state index >= 15 is 0 Å². The molecule has 2 aromatic rings. The van der Waals surface area contributed by atoms with Gasteiger partial charge in [0.1, 0.15) is 11.7 Å². The highest BCUT2D eigenvalue weighted by Crippen LogP contribution is 2.33. The van der Waals surface area contributed by atoms with Gasteiger partial charge in [-0.1, -0.05) is 38.1 Å². The third-order valence-electron chi connectivity index (χ3n) is 4.55. The summed E-state index contributed by atoms with van der Waals surface area (Å²) in [5, 5.41) is 14.5. The van der Waals surface area contributed by atoms with Gasteiger partial charge in [-0.3, -0.25) is 9.59 Å². The summed E-state index contributed by atoms with van der Waals surface area (Å²) >= 11 is 0. The normalized spacial score (nSPS) is 13.6. The molecule has 2 aromatic carbocycles. The molecule has 0 aromatic heterocycles. The van der Waals surface area contributed by atoms with Crippen LogP contribution in [-0.2, 0) is 9.59 Å². The highest BCUT2D eigenvalue weighted by Gasteiger charge is 2.24. The first kappa shape index (κ1) is 21.9. The van der Waals surface area contributed by atoms with Gasteiger partial charge in [-0.2, -0.15) is 0 Å². The van der Waals surface area contributed by atoms with Gasteiger partial charge >= 0.3 is 5.97 Å². The lowest BCUT2D eigenvalue weighted by Gasteiger charge is -2.18. The van der Waals surface area contributed by atoms with Crippen molar-refractivity contribution in [1.29, 1.82) is 0 Å². The number of carbonyl (C=O) groups is 3. The molecule has 0 spiro atoms. The van der Waals surface area contributed by atoms with Gasteiger partial charge in [0.05, 0.1) is 0 Å². The van der Waals surface area contributed by atoms with Gasteiger partial charge in [-0.25, -0.2) is 4.79 Å². The molecule has 31 heavy (non-hydrogen) atoms. The van der Waals surface area contributed by atoms with Crippen LogP contribution in [0.5, 0.6) is 11.5 Å². The predicted molar refractivity (Wildman–Crippen MR) is 113 cm³/mol. The lowest BCUT2D eigenvalue weighted by molar-refractivity contribution is -0.141. The molecule has 0 radical (unpaired) electrons. The number of hydrogen-bond acceptors (Lipinski definition) is 5. The maximum atomic E-state index is 12.9. The lowest BCUT2D eigenvalue weighted by atomic mass is 10.0. The van der Waals surface area contributed by atoms with E-state index in [4.69, 9.17) is 9.47 Å². The monoisotopic (exact) mass is 424 g/mol. The van der Waals surface area contributed by atoms with Crippen molar-refractivity contribution in [2.45, 2.75) is 26.3 Å². The van der Waals surface area contributed by atoms with Crippen LogP contribution in [0.4, 0.5) is 0 Å². The molecule has 0 saturated heterocycles. The summed E-state index contributed by atoms with van der Waals surface area (Å²) in [5.41, 5.74) is 0.866. The molecular weight excluding hydrogens is 400 g/mol.